The zero-order valence-corrected chi connectivity index (χ0v) is 16.7. The first-order valence-electron chi connectivity index (χ1n) is 9.87. The fourth-order valence-electron chi connectivity index (χ4n) is 5.70. The standard InChI is InChI=1S/C19H34INO2/c1-13-2-4-14(5-3-13)16-8-11-18(19(21)12-16)15-6-9-17(10-7-15)22-23-20/h13-19H,2-12,21H2,1H3. The summed E-state index contributed by atoms with van der Waals surface area (Å²) in [4.78, 5) is 5.31. The van der Waals surface area contributed by atoms with Gasteiger partial charge in [0.2, 0.25) is 0 Å². The van der Waals surface area contributed by atoms with Gasteiger partial charge >= 0.3 is 0 Å². The second-order valence-electron chi connectivity index (χ2n) is 8.62. The molecule has 0 aromatic heterocycles. The summed E-state index contributed by atoms with van der Waals surface area (Å²) in [6.07, 6.45) is 15.0. The third-order valence-electron chi connectivity index (χ3n) is 7.22. The summed E-state index contributed by atoms with van der Waals surface area (Å²) in [5.41, 5.74) is 6.67. The highest BCUT2D eigenvalue weighted by molar-refractivity contribution is 14.1. The van der Waals surface area contributed by atoms with Gasteiger partial charge in [-0.2, -0.15) is 3.22 Å². The first-order chi connectivity index (χ1) is 11.2. The van der Waals surface area contributed by atoms with Crippen LogP contribution in [0.25, 0.3) is 0 Å². The SMILES string of the molecule is CC1CCC(C2CCC(C3CCC(OOI)CC3)C(N)C2)CC1. The number of nitrogens with two attached hydrogens (primary N) is 1. The molecule has 0 heterocycles. The Hall–Kier alpha value is 0.610. The molecule has 2 N–H and O–H groups in total. The van der Waals surface area contributed by atoms with Crippen LogP contribution in [0.15, 0.2) is 0 Å². The van der Waals surface area contributed by atoms with Crippen LogP contribution in [-0.4, -0.2) is 12.1 Å². The van der Waals surface area contributed by atoms with Crippen molar-refractivity contribution in [2.24, 2.45) is 35.3 Å². The summed E-state index contributed by atoms with van der Waals surface area (Å²) in [6, 6.07) is 0.441. The fourth-order valence-corrected chi connectivity index (χ4v) is 5.99. The average molecular weight is 435 g/mol. The molecule has 0 spiro atoms. The highest BCUT2D eigenvalue weighted by atomic mass is 127. The van der Waals surface area contributed by atoms with Gasteiger partial charge in [0.1, 0.15) is 0 Å². The smallest absolute Gasteiger partial charge is 0.155 e. The largest absolute Gasteiger partial charge is 0.327 e. The Morgan fingerprint density at radius 3 is 2.00 bits per heavy atom. The maximum atomic E-state index is 6.67. The highest BCUT2D eigenvalue weighted by Gasteiger charge is 2.38. The average Bonchev–Trinajstić information content (AvgIpc) is 2.57. The van der Waals surface area contributed by atoms with E-state index in [1.165, 1.54) is 57.8 Å². The lowest BCUT2D eigenvalue weighted by Crippen LogP contribution is -2.43. The third-order valence-corrected chi connectivity index (χ3v) is 7.43. The van der Waals surface area contributed by atoms with Crippen molar-refractivity contribution >= 4 is 23.0 Å². The molecule has 3 aliphatic carbocycles. The molecule has 0 radical (unpaired) electrons. The molecular formula is C19H34INO2. The molecule has 0 aromatic carbocycles. The number of halogens is 1. The lowest BCUT2D eigenvalue weighted by Gasteiger charge is -2.44. The third kappa shape index (κ3) is 4.83. The minimum absolute atomic E-state index is 0.306. The molecule has 0 amide bonds. The van der Waals surface area contributed by atoms with E-state index in [2.05, 4.69) is 6.92 Å². The lowest BCUT2D eigenvalue weighted by atomic mass is 9.64. The quantitative estimate of drug-likeness (QED) is 0.365. The molecule has 3 nitrogen and oxygen atoms in total. The predicted octanol–water partition coefficient (Wildman–Crippen LogP) is 5.41. The van der Waals surface area contributed by atoms with E-state index in [4.69, 9.17) is 13.8 Å². The van der Waals surface area contributed by atoms with Crippen LogP contribution in [0.5, 0.6) is 0 Å². The first kappa shape index (κ1) is 18.4. The normalized spacial score (nSPS) is 45.8. The Morgan fingerprint density at radius 1 is 0.783 bits per heavy atom. The van der Waals surface area contributed by atoms with Crippen molar-refractivity contribution in [1.82, 2.24) is 0 Å². The van der Waals surface area contributed by atoms with E-state index >= 15 is 0 Å². The Bertz CT molecular complexity index is 351. The van der Waals surface area contributed by atoms with Crippen molar-refractivity contribution in [2.45, 2.75) is 89.7 Å². The van der Waals surface area contributed by atoms with E-state index in [0.29, 0.717) is 12.1 Å². The fraction of sp³-hybridized carbons (Fsp3) is 1.00. The first-order valence-corrected chi connectivity index (χ1v) is 10.7. The van der Waals surface area contributed by atoms with E-state index in [-0.39, 0.29) is 0 Å². The molecule has 3 aliphatic rings. The van der Waals surface area contributed by atoms with Gasteiger partial charge in [-0.1, -0.05) is 19.8 Å². The Labute approximate surface area is 156 Å². The van der Waals surface area contributed by atoms with Gasteiger partial charge in [-0.05, 0) is 87.4 Å². The maximum Gasteiger partial charge on any atom is 0.155 e. The number of hydrogen-bond acceptors (Lipinski definition) is 3. The van der Waals surface area contributed by atoms with Crippen LogP contribution in [0.3, 0.4) is 0 Å². The molecule has 3 fully saturated rings. The van der Waals surface area contributed by atoms with Crippen LogP contribution < -0.4 is 5.73 Å². The summed E-state index contributed by atoms with van der Waals surface area (Å²) < 4.78 is 4.82. The van der Waals surface area contributed by atoms with Gasteiger partial charge in [-0.3, -0.25) is 0 Å². The predicted molar refractivity (Wildman–Crippen MR) is 102 cm³/mol. The van der Waals surface area contributed by atoms with Crippen LogP contribution in [0.1, 0.15) is 77.6 Å². The van der Waals surface area contributed by atoms with Gasteiger partial charge in [0.15, 0.2) is 23.0 Å². The van der Waals surface area contributed by atoms with Crippen LogP contribution in [0.2, 0.25) is 0 Å². The molecular weight excluding hydrogens is 401 g/mol. The van der Waals surface area contributed by atoms with Crippen molar-refractivity contribution in [3.05, 3.63) is 0 Å². The van der Waals surface area contributed by atoms with Gasteiger partial charge in [0, 0.05) is 6.04 Å². The van der Waals surface area contributed by atoms with Gasteiger partial charge in [-0.15, -0.1) is 0 Å². The van der Waals surface area contributed by atoms with Gasteiger partial charge < -0.3 is 5.73 Å². The van der Waals surface area contributed by atoms with Crippen molar-refractivity contribution in [3.63, 3.8) is 0 Å². The molecule has 0 aliphatic heterocycles. The minimum Gasteiger partial charge on any atom is -0.327 e. The molecule has 134 valence electrons. The summed E-state index contributed by atoms with van der Waals surface area (Å²) >= 11 is 1.82. The Balaban J connectivity index is 1.45. The number of hydrogen-bond donors (Lipinski definition) is 1. The van der Waals surface area contributed by atoms with E-state index in [0.717, 1.165) is 42.4 Å². The summed E-state index contributed by atoms with van der Waals surface area (Å²) in [7, 11) is 0. The van der Waals surface area contributed by atoms with E-state index < -0.39 is 0 Å². The topological polar surface area (TPSA) is 44.5 Å². The van der Waals surface area contributed by atoms with E-state index in [9.17, 15) is 0 Å². The monoisotopic (exact) mass is 435 g/mol. The summed E-state index contributed by atoms with van der Waals surface area (Å²) in [5, 5.41) is 0. The van der Waals surface area contributed by atoms with Crippen LogP contribution in [-0.2, 0) is 8.10 Å². The van der Waals surface area contributed by atoms with Crippen molar-refractivity contribution in [2.75, 3.05) is 0 Å². The minimum atomic E-state index is 0.306. The van der Waals surface area contributed by atoms with Crippen LogP contribution >= 0.6 is 23.0 Å². The molecule has 3 atom stereocenters. The Morgan fingerprint density at radius 2 is 1.39 bits per heavy atom. The summed E-state index contributed by atoms with van der Waals surface area (Å²) in [6.45, 7) is 2.42. The molecule has 0 aromatic rings. The molecule has 4 heteroatoms. The second-order valence-corrected chi connectivity index (χ2v) is 8.98. The zero-order chi connectivity index (χ0) is 16.2. The van der Waals surface area contributed by atoms with Crippen molar-refractivity contribution < 1.29 is 8.10 Å². The van der Waals surface area contributed by atoms with Gasteiger partial charge in [0.05, 0.1) is 6.10 Å². The highest BCUT2D eigenvalue weighted by Crippen LogP contribution is 2.45. The van der Waals surface area contributed by atoms with Crippen LogP contribution in [0.4, 0.5) is 0 Å². The van der Waals surface area contributed by atoms with E-state index in [1.807, 2.05) is 23.0 Å². The van der Waals surface area contributed by atoms with Crippen LogP contribution in [0, 0.1) is 29.6 Å². The molecule has 0 saturated heterocycles. The molecule has 3 unspecified atom stereocenters. The zero-order valence-electron chi connectivity index (χ0n) is 14.6. The maximum absolute atomic E-state index is 6.67. The van der Waals surface area contributed by atoms with Gasteiger partial charge in [-0.25, -0.2) is 4.89 Å². The van der Waals surface area contributed by atoms with E-state index in [1.54, 1.807) is 0 Å². The van der Waals surface area contributed by atoms with Crippen molar-refractivity contribution in [1.29, 1.82) is 0 Å². The van der Waals surface area contributed by atoms with Crippen molar-refractivity contribution in [3.8, 4) is 0 Å². The Kier molecular flexibility index (Phi) is 7.05. The molecule has 23 heavy (non-hydrogen) atoms. The second kappa shape index (κ2) is 8.81. The lowest BCUT2D eigenvalue weighted by molar-refractivity contribution is -0.219. The molecule has 3 rings (SSSR count). The van der Waals surface area contributed by atoms with Gasteiger partial charge in [0.25, 0.3) is 0 Å². The summed E-state index contributed by atoms with van der Waals surface area (Å²) in [5.74, 6) is 4.44. The molecule has 0 bridgehead atoms. The number of rotatable bonds is 4. The molecule has 3 saturated carbocycles.